The van der Waals surface area contributed by atoms with Crippen molar-refractivity contribution in [3.63, 3.8) is 0 Å². The van der Waals surface area contributed by atoms with Crippen LogP contribution < -0.4 is 5.32 Å². The van der Waals surface area contributed by atoms with Crippen LogP contribution in [0, 0.1) is 6.92 Å². The topological polar surface area (TPSA) is 51.0 Å². The number of hydrogen-bond donors (Lipinski definition) is 1. The molecule has 0 fully saturated rings. The summed E-state index contributed by atoms with van der Waals surface area (Å²) < 4.78 is 5.11. The molecule has 1 aromatic heterocycles. The highest BCUT2D eigenvalue weighted by Crippen LogP contribution is 2.18. The van der Waals surface area contributed by atoms with Crippen molar-refractivity contribution in [3.8, 4) is 0 Å². The van der Waals surface area contributed by atoms with Crippen molar-refractivity contribution in [2.45, 2.75) is 39.3 Å². The molecule has 0 radical (unpaired) electrons. The zero-order chi connectivity index (χ0) is 12.8. The lowest BCUT2D eigenvalue weighted by Crippen LogP contribution is -2.21. The van der Waals surface area contributed by atoms with Crippen molar-refractivity contribution in [2.75, 3.05) is 0 Å². The van der Waals surface area contributed by atoms with Crippen LogP contribution in [-0.4, -0.2) is 10.1 Å². The quantitative estimate of drug-likeness (QED) is 0.850. The fourth-order valence-electron chi connectivity index (χ4n) is 1.98. The Morgan fingerprint density at radius 2 is 2.06 bits per heavy atom. The molecule has 4 nitrogen and oxygen atoms in total. The van der Waals surface area contributed by atoms with Crippen molar-refractivity contribution in [1.29, 1.82) is 0 Å². The molecule has 1 unspecified atom stereocenters. The Morgan fingerprint density at radius 3 is 2.67 bits per heavy atom. The second kappa shape index (κ2) is 6.31. The van der Waals surface area contributed by atoms with Crippen LogP contribution in [0.5, 0.6) is 0 Å². The molecule has 96 valence electrons. The van der Waals surface area contributed by atoms with Crippen LogP contribution in [0.1, 0.15) is 43.1 Å². The van der Waals surface area contributed by atoms with E-state index in [0.717, 1.165) is 12.8 Å². The number of rotatable bonds is 6. The van der Waals surface area contributed by atoms with Gasteiger partial charge in [0.15, 0.2) is 5.82 Å². The number of nitrogens with zero attached hydrogens (tertiary/aromatic N) is 2. The summed E-state index contributed by atoms with van der Waals surface area (Å²) in [7, 11) is 0. The molecular formula is C14H19N3O. The van der Waals surface area contributed by atoms with Crippen LogP contribution in [0.15, 0.2) is 34.9 Å². The van der Waals surface area contributed by atoms with Crippen LogP contribution in [0.3, 0.4) is 0 Å². The van der Waals surface area contributed by atoms with E-state index in [1.807, 2.05) is 13.0 Å². The molecule has 1 heterocycles. The van der Waals surface area contributed by atoms with Gasteiger partial charge < -0.3 is 9.84 Å². The molecule has 1 atom stereocenters. The van der Waals surface area contributed by atoms with E-state index in [1.165, 1.54) is 5.56 Å². The smallest absolute Gasteiger partial charge is 0.240 e. The second-order valence-electron chi connectivity index (χ2n) is 4.37. The molecule has 0 spiro atoms. The summed E-state index contributed by atoms with van der Waals surface area (Å²) in [5.41, 5.74) is 1.30. The molecule has 0 aliphatic rings. The van der Waals surface area contributed by atoms with Crippen molar-refractivity contribution in [2.24, 2.45) is 0 Å². The first kappa shape index (κ1) is 12.8. The van der Waals surface area contributed by atoms with Gasteiger partial charge >= 0.3 is 0 Å². The highest BCUT2D eigenvalue weighted by atomic mass is 16.5. The van der Waals surface area contributed by atoms with E-state index in [9.17, 15) is 0 Å². The number of benzene rings is 1. The molecule has 2 aromatic rings. The zero-order valence-electron chi connectivity index (χ0n) is 10.9. The van der Waals surface area contributed by atoms with Gasteiger partial charge in [0.05, 0.1) is 6.54 Å². The van der Waals surface area contributed by atoms with E-state index in [2.05, 4.69) is 46.6 Å². The lowest BCUT2D eigenvalue weighted by Gasteiger charge is -2.17. The highest BCUT2D eigenvalue weighted by Gasteiger charge is 2.11. The fraction of sp³-hybridized carbons (Fsp3) is 0.429. The van der Waals surface area contributed by atoms with E-state index in [-0.39, 0.29) is 0 Å². The second-order valence-corrected chi connectivity index (χ2v) is 4.37. The number of nitrogens with one attached hydrogen (secondary N) is 1. The van der Waals surface area contributed by atoms with Crippen LogP contribution in [0.25, 0.3) is 0 Å². The standard InChI is InChI=1S/C14H19N3O/c1-3-7-13(12-8-5-4-6-9-12)15-10-14-16-11(2)17-18-14/h4-6,8-9,13,15H,3,7,10H2,1-2H3. The largest absolute Gasteiger partial charge is 0.338 e. The third-order valence-corrected chi connectivity index (χ3v) is 2.85. The van der Waals surface area contributed by atoms with Gasteiger partial charge in [-0.25, -0.2) is 0 Å². The Morgan fingerprint density at radius 1 is 1.28 bits per heavy atom. The lowest BCUT2D eigenvalue weighted by atomic mass is 10.0. The van der Waals surface area contributed by atoms with Crippen LogP contribution in [0.2, 0.25) is 0 Å². The van der Waals surface area contributed by atoms with Gasteiger partial charge in [0, 0.05) is 6.04 Å². The lowest BCUT2D eigenvalue weighted by molar-refractivity contribution is 0.351. The number of aryl methyl sites for hydroxylation is 1. The zero-order valence-corrected chi connectivity index (χ0v) is 10.9. The third kappa shape index (κ3) is 3.40. The first-order chi connectivity index (χ1) is 8.79. The summed E-state index contributed by atoms with van der Waals surface area (Å²) in [6.07, 6.45) is 2.23. The van der Waals surface area contributed by atoms with Gasteiger partial charge in [-0.05, 0) is 18.9 Å². The molecular weight excluding hydrogens is 226 g/mol. The van der Waals surface area contributed by atoms with Crippen molar-refractivity contribution in [3.05, 3.63) is 47.6 Å². The Labute approximate surface area is 107 Å². The van der Waals surface area contributed by atoms with Crippen molar-refractivity contribution in [1.82, 2.24) is 15.5 Å². The molecule has 0 saturated carbocycles. The van der Waals surface area contributed by atoms with Gasteiger partial charge in [-0.15, -0.1) is 0 Å². The van der Waals surface area contributed by atoms with Gasteiger partial charge in [0.1, 0.15) is 0 Å². The van der Waals surface area contributed by atoms with E-state index in [1.54, 1.807) is 0 Å². The molecule has 0 saturated heterocycles. The fourth-order valence-corrected chi connectivity index (χ4v) is 1.98. The summed E-state index contributed by atoms with van der Waals surface area (Å²) in [4.78, 5) is 4.20. The Hall–Kier alpha value is -1.68. The minimum atomic E-state index is 0.336. The Kier molecular flexibility index (Phi) is 4.47. The summed E-state index contributed by atoms with van der Waals surface area (Å²) in [5.74, 6) is 1.32. The summed E-state index contributed by atoms with van der Waals surface area (Å²) in [6, 6.07) is 10.8. The van der Waals surface area contributed by atoms with E-state index in [0.29, 0.717) is 24.3 Å². The third-order valence-electron chi connectivity index (χ3n) is 2.85. The van der Waals surface area contributed by atoms with Gasteiger partial charge in [-0.1, -0.05) is 48.8 Å². The average molecular weight is 245 g/mol. The van der Waals surface area contributed by atoms with Crippen LogP contribution >= 0.6 is 0 Å². The maximum Gasteiger partial charge on any atom is 0.240 e. The molecule has 4 heteroatoms. The SMILES string of the molecule is CCCC(NCc1nc(C)no1)c1ccccc1. The Bertz CT molecular complexity index is 467. The van der Waals surface area contributed by atoms with E-state index < -0.39 is 0 Å². The van der Waals surface area contributed by atoms with Gasteiger partial charge in [-0.2, -0.15) is 4.98 Å². The first-order valence-corrected chi connectivity index (χ1v) is 6.37. The molecule has 1 N–H and O–H groups in total. The summed E-state index contributed by atoms with van der Waals surface area (Å²) in [5, 5.41) is 7.26. The normalized spacial score (nSPS) is 12.6. The van der Waals surface area contributed by atoms with Crippen molar-refractivity contribution >= 4 is 0 Å². The molecule has 18 heavy (non-hydrogen) atoms. The predicted molar refractivity (Wildman–Crippen MR) is 70.0 cm³/mol. The Balaban J connectivity index is 1.98. The highest BCUT2D eigenvalue weighted by molar-refractivity contribution is 5.18. The molecule has 0 aliphatic heterocycles. The molecule has 0 aliphatic carbocycles. The average Bonchev–Trinajstić information content (AvgIpc) is 2.81. The first-order valence-electron chi connectivity index (χ1n) is 6.37. The molecule has 0 amide bonds. The monoisotopic (exact) mass is 245 g/mol. The van der Waals surface area contributed by atoms with E-state index in [4.69, 9.17) is 4.52 Å². The molecule has 0 bridgehead atoms. The maximum atomic E-state index is 5.11. The minimum absolute atomic E-state index is 0.336. The van der Waals surface area contributed by atoms with Crippen LogP contribution in [0.4, 0.5) is 0 Å². The van der Waals surface area contributed by atoms with Crippen LogP contribution in [-0.2, 0) is 6.54 Å². The number of aromatic nitrogens is 2. The minimum Gasteiger partial charge on any atom is -0.338 e. The van der Waals surface area contributed by atoms with Gasteiger partial charge in [0.2, 0.25) is 5.89 Å². The number of hydrogen-bond acceptors (Lipinski definition) is 4. The van der Waals surface area contributed by atoms with Crippen molar-refractivity contribution < 1.29 is 4.52 Å². The van der Waals surface area contributed by atoms with Gasteiger partial charge in [-0.3, -0.25) is 0 Å². The summed E-state index contributed by atoms with van der Waals surface area (Å²) in [6.45, 7) is 4.63. The summed E-state index contributed by atoms with van der Waals surface area (Å²) >= 11 is 0. The van der Waals surface area contributed by atoms with Gasteiger partial charge in [0.25, 0.3) is 0 Å². The molecule has 2 rings (SSSR count). The predicted octanol–water partition coefficient (Wildman–Crippen LogP) is 3.01. The maximum absolute atomic E-state index is 5.11. The van der Waals surface area contributed by atoms with E-state index >= 15 is 0 Å². The molecule has 1 aromatic carbocycles.